The summed E-state index contributed by atoms with van der Waals surface area (Å²) in [6.45, 7) is 1.83. The molecule has 0 aliphatic carbocycles. The summed E-state index contributed by atoms with van der Waals surface area (Å²) in [6.07, 6.45) is 3.39. The second-order valence-corrected chi connectivity index (χ2v) is 8.76. The number of hydrogen-bond donors (Lipinski definition) is 2. The first-order valence-electron chi connectivity index (χ1n) is 8.38. The topological polar surface area (TPSA) is 86.7 Å². The van der Waals surface area contributed by atoms with Crippen LogP contribution in [0.25, 0.3) is 0 Å². The molecule has 1 aliphatic rings. The molecule has 2 aromatic carbocycles. The molecule has 0 aromatic heterocycles. The minimum Gasteiger partial charge on any atom is -0.478 e. The van der Waals surface area contributed by atoms with Gasteiger partial charge >= 0.3 is 5.97 Å². The van der Waals surface area contributed by atoms with E-state index in [-0.39, 0.29) is 15.6 Å². The van der Waals surface area contributed by atoms with Crippen molar-refractivity contribution < 1.29 is 18.3 Å². The monoisotopic (exact) mass is 428 g/mol. The average molecular weight is 429 g/mol. The van der Waals surface area contributed by atoms with Crippen molar-refractivity contribution >= 4 is 50.6 Å². The van der Waals surface area contributed by atoms with Gasteiger partial charge in [-0.05, 0) is 55.7 Å². The van der Waals surface area contributed by atoms with Gasteiger partial charge in [-0.25, -0.2) is 13.2 Å². The Labute approximate surface area is 167 Å². The Kier molecular flexibility index (Phi) is 5.83. The van der Waals surface area contributed by atoms with Crippen LogP contribution in [0.5, 0.6) is 0 Å². The van der Waals surface area contributed by atoms with Gasteiger partial charge in [0.25, 0.3) is 10.0 Å². The lowest BCUT2D eigenvalue weighted by Gasteiger charge is -2.29. The van der Waals surface area contributed by atoms with Crippen LogP contribution in [0, 0.1) is 0 Å². The Morgan fingerprint density at radius 2 is 1.74 bits per heavy atom. The number of aromatic carboxylic acids is 1. The Hall–Kier alpha value is -1.96. The molecule has 0 amide bonds. The summed E-state index contributed by atoms with van der Waals surface area (Å²) in [7, 11) is -4.12. The minimum absolute atomic E-state index is 0.139. The van der Waals surface area contributed by atoms with Crippen LogP contribution >= 0.6 is 23.2 Å². The number of nitrogens with zero attached hydrogens (tertiary/aromatic N) is 1. The lowest BCUT2D eigenvalue weighted by Crippen LogP contribution is -2.29. The Balaban J connectivity index is 1.88. The quantitative estimate of drug-likeness (QED) is 0.732. The molecule has 1 aliphatic heterocycles. The molecule has 2 aromatic rings. The summed E-state index contributed by atoms with van der Waals surface area (Å²) < 4.78 is 27.7. The lowest BCUT2D eigenvalue weighted by molar-refractivity contribution is 0.0692. The second-order valence-electron chi connectivity index (χ2n) is 6.27. The molecule has 3 rings (SSSR count). The van der Waals surface area contributed by atoms with Gasteiger partial charge in [0, 0.05) is 18.1 Å². The Morgan fingerprint density at radius 3 is 2.37 bits per heavy atom. The Bertz CT molecular complexity index is 973. The molecule has 6 nitrogen and oxygen atoms in total. The van der Waals surface area contributed by atoms with Gasteiger partial charge in [-0.15, -0.1) is 0 Å². The smallest absolute Gasteiger partial charge is 0.337 e. The fourth-order valence-electron chi connectivity index (χ4n) is 3.08. The van der Waals surface area contributed by atoms with E-state index in [0.29, 0.717) is 5.02 Å². The molecule has 9 heteroatoms. The highest BCUT2D eigenvalue weighted by Gasteiger charge is 2.23. The van der Waals surface area contributed by atoms with Gasteiger partial charge in [0.05, 0.1) is 22.0 Å². The molecule has 144 valence electrons. The summed E-state index contributed by atoms with van der Waals surface area (Å²) in [5.74, 6) is -1.38. The van der Waals surface area contributed by atoms with E-state index in [1.54, 1.807) is 12.1 Å². The van der Waals surface area contributed by atoms with Crippen LogP contribution < -0.4 is 9.62 Å². The lowest BCUT2D eigenvalue weighted by atomic mass is 10.1. The summed E-state index contributed by atoms with van der Waals surface area (Å²) in [5, 5.41) is 9.84. The van der Waals surface area contributed by atoms with Crippen molar-refractivity contribution in [3.05, 3.63) is 52.0 Å². The Morgan fingerprint density at radius 1 is 1.04 bits per heavy atom. The number of piperidine rings is 1. The molecule has 1 heterocycles. The zero-order valence-corrected chi connectivity index (χ0v) is 16.6. The standard InChI is InChI=1S/C18H18Cl2N2O4S/c19-12-4-7-17(14(10-12)18(23)24)27(25,26)21-13-5-6-16(15(20)11-13)22-8-2-1-3-9-22/h4-7,10-11,21H,1-3,8-9H2,(H,23,24). The number of sulfonamides is 1. The average Bonchev–Trinajstić information content (AvgIpc) is 2.62. The van der Waals surface area contributed by atoms with E-state index in [4.69, 9.17) is 23.2 Å². The molecular formula is C18H18Cl2N2O4S. The van der Waals surface area contributed by atoms with Gasteiger partial charge in [-0.3, -0.25) is 4.72 Å². The van der Waals surface area contributed by atoms with Gasteiger partial charge in [0.1, 0.15) is 4.90 Å². The van der Waals surface area contributed by atoms with Crippen molar-refractivity contribution in [2.24, 2.45) is 0 Å². The first-order chi connectivity index (χ1) is 12.8. The molecule has 1 saturated heterocycles. The van der Waals surface area contributed by atoms with Crippen LogP contribution in [0.3, 0.4) is 0 Å². The third kappa shape index (κ3) is 4.48. The van der Waals surface area contributed by atoms with E-state index in [1.807, 2.05) is 0 Å². The van der Waals surface area contributed by atoms with E-state index in [2.05, 4.69) is 9.62 Å². The van der Waals surface area contributed by atoms with Gasteiger partial charge in [-0.1, -0.05) is 23.2 Å². The van der Waals surface area contributed by atoms with Crippen LogP contribution in [-0.2, 0) is 10.0 Å². The molecule has 1 fully saturated rings. The SMILES string of the molecule is O=C(O)c1cc(Cl)ccc1S(=O)(=O)Nc1ccc(N2CCCCC2)c(Cl)c1. The van der Waals surface area contributed by atoms with Crippen LogP contribution in [0.1, 0.15) is 29.6 Å². The molecule has 0 spiro atoms. The maximum atomic E-state index is 12.7. The predicted molar refractivity (Wildman–Crippen MR) is 107 cm³/mol. The van der Waals surface area contributed by atoms with Gasteiger partial charge in [0.15, 0.2) is 0 Å². The zero-order valence-electron chi connectivity index (χ0n) is 14.3. The van der Waals surface area contributed by atoms with Gasteiger partial charge < -0.3 is 10.0 Å². The van der Waals surface area contributed by atoms with Crippen molar-refractivity contribution in [1.82, 2.24) is 0 Å². The number of carboxylic acids is 1. The van der Waals surface area contributed by atoms with Crippen molar-refractivity contribution in [3.8, 4) is 0 Å². The highest BCUT2D eigenvalue weighted by molar-refractivity contribution is 7.92. The van der Waals surface area contributed by atoms with E-state index in [9.17, 15) is 18.3 Å². The van der Waals surface area contributed by atoms with Crippen molar-refractivity contribution in [3.63, 3.8) is 0 Å². The third-order valence-corrected chi connectivity index (χ3v) is 6.34. The van der Waals surface area contributed by atoms with E-state index in [0.717, 1.165) is 43.8 Å². The van der Waals surface area contributed by atoms with E-state index in [1.165, 1.54) is 18.6 Å². The molecular weight excluding hydrogens is 411 g/mol. The number of benzene rings is 2. The minimum atomic E-state index is -4.12. The normalized spacial score (nSPS) is 14.8. The molecule has 0 saturated carbocycles. The number of carbonyl (C=O) groups is 1. The highest BCUT2D eigenvalue weighted by Crippen LogP contribution is 2.32. The molecule has 0 radical (unpaired) electrons. The third-order valence-electron chi connectivity index (χ3n) is 4.36. The fraction of sp³-hybridized carbons (Fsp3) is 0.278. The number of anilines is 2. The summed E-state index contributed by atoms with van der Waals surface area (Å²) >= 11 is 12.1. The first kappa shape index (κ1) is 19.8. The van der Waals surface area contributed by atoms with Crippen molar-refractivity contribution in [1.29, 1.82) is 0 Å². The maximum Gasteiger partial charge on any atom is 0.337 e. The fourth-order valence-corrected chi connectivity index (χ4v) is 4.78. The molecule has 0 atom stereocenters. The van der Waals surface area contributed by atoms with Crippen LogP contribution in [0.2, 0.25) is 10.0 Å². The van der Waals surface area contributed by atoms with Gasteiger partial charge in [0.2, 0.25) is 0 Å². The number of rotatable bonds is 5. The summed E-state index contributed by atoms with van der Waals surface area (Å²) in [4.78, 5) is 13.2. The van der Waals surface area contributed by atoms with E-state index < -0.39 is 21.6 Å². The van der Waals surface area contributed by atoms with Crippen LogP contribution in [0.15, 0.2) is 41.3 Å². The molecule has 0 bridgehead atoms. The largest absolute Gasteiger partial charge is 0.478 e. The van der Waals surface area contributed by atoms with Crippen LogP contribution in [0.4, 0.5) is 11.4 Å². The molecule has 2 N–H and O–H groups in total. The zero-order chi connectivity index (χ0) is 19.6. The number of carboxylic acid groups (broad SMARTS) is 1. The van der Waals surface area contributed by atoms with Crippen LogP contribution in [-0.4, -0.2) is 32.6 Å². The highest BCUT2D eigenvalue weighted by atomic mass is 35.5. The molecule has 0 unspecified atom stereocenters. The summed E-state index contributed by atoms with van der Waals surface area (Å²) in [5.41, 5.74) is 0.718. The second kappa shape index (κ2) is 7.96. The summed E-state index contributed by atoms with van der Waals surface area (Å²) in [6, 6.07) is 8.51. The number of halogens is 2. The predicted octanol–water partition coefficient (Wildman–Crippen LogP) is 4.48. The maximum absolute atomic E-state index is 12.7. The van der Waals surface area contributed by atoms with Crippen molar-refractivity contribution in [2.45, 2.75) is 24.2 Å². The van der Waals surface area contributed by atoms with Gasteiger partial charge in [-0.2, -0.15) is 0 Å². The molecule has 27 heavy (non-hydrogen) atoms. The number of hydrogen-bond acceptors (Lipinski definition) is 4. The first-order valence-corrected chi connectivity index (χ1v) is 10.6. The van der Waals surface area contributed by atoms with Crippen molar-refractivity contribution in [2.75, 3.05) is 22.7 Å². The van der Waals surface area contributed by atoms with E-state index >= 15 is 0 Å². The number of nitrogens with one attached hydrogen (secondary N) is 1.